The molecule has 2 aromatic carbocycles. The number of aromatic amines is 1. The van der Waals surface area contributed by atoms with Gasteiger partial charge in [0.15, 0.2) is 0 Å². The van der Waals surface area contributed by atoms with Gasteiger partial charge in [-0.1, -0.05) is 42.5 Å². The van der Waals surface area contributed by atoms with Gasteiger partial charge in [0.2, 0.25) is 0 Å². The maximum atomic E-state index is 13.1. The molecule has 1 atom stereocenters. The summed E-state index contributed by atoms with van der Waals surface area (Å²) in [5, 5.41) is 0. The van der Waals surface area contributed by atoms with Crippen LogP contribution < -0.4 is 5.56 Å². The number of nitrogens with zero attached hydrogens (tertiary/aromatic N) is 1. The highest BCUT2D eigenvalue weighted by Crippen LogP contribution is 2.23. The summed E-state index contributed by atoms with van der Waals surface area (Å²) < 4.78 is 18.9. The number of aromatic nitrogens is 1. The molecular weight excluding hydrogens is 359 g/mol. The summed E-state index contributed by atoms with van der Waals surface area (Å²) in [5.74, 6) is -0.659. The Kier molecular flexibility index (Phi) is 5.04. The van der Waals surface area contributed by atoms with Crippen LogP contribution in [0.1, 0.15) is 22.0 Å². The van der Waals surface area contributed by atoms with Gasteiger partial charge in [0, 0.05) is 12.2 Å². The minimum absolute atomic E-state index is 0.0967. The van der Waals surface area contributed by atoms with Gasteiger partial charge in [-0.05, 0) is 35.4 Å². The quantitative estimate of drug-likeness (QED) is 0.760. The van der Waals surface area contributed by atoms with E-state index in [4.69, 9.17) is 4.74 Å². The summed E-state index contributed by atoms with van der Waals surface area (Å²) in [7, 11) is 0. The summed E-state index contributed by atoms with van der Waals surface area (Å²) in [6.45, 7) is 1.06. The molecule has 4 rings (SSSR count). The Labute approximate surface area is 161 Å². The second kappa shape index (κ2) is 7.78. The van der Waals surface area contributed by atoms with Crippen LogP contribution in [-0.4, -0.2) is 35.5 Å². The average molecular weight is 378 g/mol. The predicted octanol–water partition coefficient (Wildman–Crippen LogP) is 3.39. The summed E-state index contributed by atoms with van der Waals surface area (Å²) in [6, 6.07) is 18.8. The van der Waals surface area contributed by atoms with E-state index in [1.165, 1.54) is 12.1 Å². The van der Waals surface area contributed by atoms with Crippen LogP contribution in [0, 0.1) is 5.82 Å². The topological polar surface area (TPSA) is 62.4 Å². The number of carbonyl (C=O) groups is 1. The highest BCUT2D eigenvalue weighted by Gasteiger charge is 2.27. The van der Waals surface area contributed by atoms with Crippen LogP contribution in [0.4, 0.5) is 4.39 Å². The molecule has 0 bridgehead atoms. The number of hydrogen-bond acceptors (Lipinski definition) is 3. The number of benzene rings is 2. The van der Waals surface area contributed by atoms with Gasteiger partial charge in [0.05, 0.1) is 13.2 Å². The van der Waals surface area contributed by atoms with E-state index in [9.17, 15) is 14.0 Å². The van der Waals surface area contributed by atoms with Crippen LogP contribution in [0.5, 0.6) is 0 Å². The van der Waals surface area contributed by atoms with Gasteiger partial charge in [-0.25, -0.2) is 4.39 Å². The Morgan fingerprint density at radius 3 is 2.50 bits per heavy atom. The Morgan fingerprint density at radius 2 is 1.79 bits per heavy atom. The molecule has 28 heavy (non-hydrogen) atoms. The highest BCUT2D eigenvalue weighted by atomic mass is 19.1. The molecule has 2 heterocycles. The minimum Gasteiger partial charge on any atom is -0.370 e. The van der Waals surface area contributed by atoms with E-state index >= 15 is 0 Å². The molecule has 1 saturated heterocycles. The van der Waals surface area contributed by atoms with E-state index in [0.29, 0.717) is 25.4 Å². The third-order valence-corrected chi connectivity index (χ3v) is 4.82. The van der Waals surface area contributed by atoms with Crippen LogP contribution in [0.2, 0.25) is 0 Å². The molecule has 5 nitrogen and oxygen atoms in total. The van der Waals surface area contributed by atoms with Crippen molar-refractivity contribution in [2.24, 2.45) is 0 Å². The number of nitrogens with one attached hydrogen (secondary N) is 1. The zero-order valence-corrected chi connectivity index (χ0v) is 15.1. The van der Waals surface area contributed by atoms with Crippen molar-refractivity contribution in [1.82, 2.24) is 9.88 Å². The number of pyridine rings is 1. The number of morpholine rings is 1. The van der Waals surface area contributed by atoms with Crippen molar-refractivity contribution in [3.63, 3.8) is 0 Å². The first-order chi connectivity index (χ1) is 13.6. The van der Waals surface area contributed by atoms with Crippen LogP contribution in [0.25, 0.3) is 11.3 Å². The lowest BCUT2D eigenvalue weighted by atomic mass is 10.1. The number of carbonyl (C=O) groups excluding carboxylic acids is 1. The highest BCUT2D eigenvalue weighted by molar-refractivity contribution is 5.94. The Morgan fingerprint density at radius 1 is 1.04 bits per heavy atom. The van der Waals surface area contributed by atoms with E-state index in [-0.39, 0.29) is 23.4 Å². The largest absolute Gasteiger partial charge is 0.370 e. The molecule has 3 aromatic rings. The predicted molar refractivity (Wildman–Crippen MR) is 103 cm³/mol. The van der Waals surface area contributed by atoms with Gasteiger partial charge in [0.1, 0.15) is 17.5 Å². The molecule has 1 fully saturated rings. The zero-order chi connectivity index (χ0) is 19.5. The SMILES string of the molecule is O=C(c1ccc(-c2ccccc2)[nH]c1=O)N1CCOC(c2ccc(F)cc2)C1. The summed E-state index contributed by atoms with van der Waals surface area (Å²) in [4.78, 5) is 29.8. The molecule has 1 amide bonds. The number of hydrogen-bond donors (Lipinski definition) is 1. The van der Waals surface area contributed by atoms with Crippen LogP contribution in [0.15, 0.2) is 71.5 Å². The third-order valence-electron chi connectivity index (χ3n) is 4.82. The van der Waals surface area contributed by atoms with E-state index in [2.05, 4.69) is 4.98 Å². The number of ether oxygens (including phenoxy) is 1. The fourth-order valence-electron chi connectivity index (χ4n) is 3.31. The van der Waals surface area contributed by atoms with Crippen LogP contribution in [0.3, 0.4) is 0 Å². The van der Waals surface area contributed by atoms with Crippen molar-refractivity contribution < 1.29 is 13.9 Å². The molecule has 1 aliphatic rings. The molecule has 1 aromatic heterocycles. The second-order valence-electron chi connectivity index (χ2n) is 6.64. The third kappa shape index (κ3) is 3.73. The monoisotopic (exact) mass is 378 g/mol. The number of rotatable bonds is 3. The lowest BCUT2D eigenvalue weighted by Gasteiger charge is -2.33. The first-order valence-electron chi connectivity index (χ1n) is 9.07. The molecule has 6 heteroatoms. The lowest BCUT2D eigenvalue weighted by Crippen LogP contribution is -2.43. The van der Waals surface area contributed by atoms with Crippen molar-refractivity contribution in [2.45, 2.75) is 6.10 Å². The Hall–Kier alpha value is -3.25. The van der Waals surface area contributed by atoms with Crippen molar-refractivity contribution >= 4 is 5.91 Å². The Bertz CT molecular complexity index is 1030. The smallest absolute Gasteiger partial charge is 0.261 e. The van der Waals surface area contributed by atoms with Gasteiger partial charge < -0.3 is 14.6 Å². The molecule has 0 saturated carbocycles. The summed E-state index contributed by atoms with van der Waals surface area (Å²) >= 11 is 0. The zero-order valence-electron chi connectivity index (χ0n) is 15.1. The number of H-pyrrole nitrogens is 1. The van der Waals surface area contributed by atoms with Crippen molar-refractivity contribution in [1.29, 1.82) is 0 Å². The van der Waals surface area contributed by atoms with E-state index in [0.717, 1.165) is 11.1 Å². The molecule has 0 aliphatic carbocycles. The minimum atomic E-state index is -0.420. The molecule has 1 N–H and O–H groups in total. The van der Waals surface area contributed by atoms with Gasteiger partial charge in [-0.3, -0.25) is 9.59 Å². The maximum Gasteiger partial charge on any atom is 0.261 e. The first-order valence-corrected chi connectivity index (χ1v) is 9.07. The van der Waals surface area contributed by atoms with Gasteiger partial charge >= 0.3 is 0 Å². The molecule has 0 spiro atoms. The number of amides is 1. The molecular formula is C22H19FN2O3. The van der Waals surface area contributed by atoms with Crippen LogP contribution >= 0.6 is 0 Å². The van der Waals surface area contributed by atoms with E-state index < -0.39 is 5.56 Å². The standard InChI is InChI=1S/C22H19FN2O3/c23-17-8-6-16(7-9-17)20-14-25(12-13-28-20)22(27)18-10-11-19(24-21(18)26)15-4-2-1-3-5-15/h1-11,20H,12-14H2,(H,24,26). The summed E-state index contributed by atoms with van der Waals surface area (Å²) in [5.41, 5.74) is 2.01. The van der Waals surface area contributed by atoms with E-state index in [1.807, 2.05) is 30.3 Å². The molecule has 142 valence electrons. The van der Waals surface area contributed by atoms with Crippen LogP contribution in [-0.2, 0) is 4.74 Å². The van der Waals surface area contributed by atoms with Crippen molar-refractivity contribution in [2.75, 3.05) is 19.7 Å². The normalized spacial score (nSPS) is 16.8. The van der Waals surface area contributed by atoms with Crippen molar-refractivity contribution in [3.05, 3.63) is 94.0 Å². The summed E-state index contributed by atoms with van der Waals surface area (Å²) in [6.07, 6.45) is -0.346. The average Bonchev–Trinajstić information content (AvgIpc) is 2.74. The maximum absolute atomic E-state index is 13.1. The van der Waals surface area contributed by atoms with E-state index in [1.54, 1.807) is 29.2 Å². The fraction of sp³-hybridized carbons (Fsp3) is 0.182. The van der Waals surface area contributed by atoms with Crippen molar-refractivity contribution in [3.8, 4) is 11.3 Å². The molecule has 0 radical (unpaired) electrons. The first kappa shape index (κ1) is 18.1. The Balaban J connectivity index is 1.54. The van der Waals surface area contributed by atoms with Gasteiger partial charge in [-0.2, -0.15) is 0 Å². The number of halogens is 1. The second-order valence-corrected chi connectivity index (χ2v) is 6.64. The molecule has 1 aliphatic heterocycles. The molecule has 1 unspecified atom stereocenters. The van der Waals surface area contributed by atoms with Gasteiger partial charge in [-0.15, -0.1) is 0 Å². The fourth-order valence-corrected chi connectivity index (χ4v) is 3.31. The lowest BCUT2D eigenvalue weighted by molar-refractivity contribution is -0.0229. The van der Waals surface area contributed by atoms with Gasteiger partial charge in [0.25, 0.3) is 11.5 Å².